The number of hydrogen-bond acceptors (Lipinski definition) is 4. The van der Waals surface area contributed by atoms with Crippen LogP contribution in [0.15, 0.2) is 60.3 Å². The summed E-state index contributed by atoms with van der Waals surface area (Å²) in [6.07, 6.45) is 10.2. The van der Waals surface area contributed by atoms with Crippen molar-refractivity contribution >= 4 is 0 Å². The van der Waals surface area contributed by atoms with E-state index >= 15 is 0 Å². The average Bonchev–Trinajstić information content (AvgIpc) is 3.23. The van der Waals surface area contributed by atoms with Crippen LogP contribution in [0.4, 0.5) is 0 Å². The molecule has 0 amide bonds. The van der Waals surface area contributed by atoms with Gasteiger partial charge in [-0.05, 0) is 62.6 Å². The largest absolute Gasteiger partial charge is 0.487 e. The Bertz CT molecular complexity index is 648. The second-order valence-electron chi connectivity index (χ2n) is 7.22. The molecule has 1 aliphatic heterocycles. The monoisotopic (exact) mass is 385 g/mol. The Kier molecular flexibility index (Phi) is 10.4. The van der Waals surface area contributed by atoms with Crippen molar-refractivity contribution < 1.29 is 9.47 Å². The number of rotatable bonds is 10. The van der Waals surface area contributed by atoms with Gasteiger partial charge in [-0.1, -0.05) is 32.1 Å². The van der Waals surface area contributed by atoms with E-state index in [1.165, 1.54) is 31.5 Å². The highest BCUT2D eigenvalue weighted by Gasteiger charge is 2.12. The van der Waals surface area contributed by atoms with Gasteiger partial charge in [0.15, 0.2) is 0 Å². The molecule has 1 aromatic heterocycles. The predicted molar refractivity (Wildman–Crippen MR) is 114 cm³/mol. The molecule has 1 fully saturated rings. The molecule has 0 saturated carbocycles. The first kappa shape index (κ1) is 22.2. The topological polar surface area (TPSA) is 50.4 Å². The number of hydrogen-bond donors (Lipinski definition) is 1. The van der Waals surface area contributed by atoms with Crippen molar-refractivity contribution in [1.29, 1.82) is 0 Å². The lowest BCUT2D eigenvalue weighted by Crippen LogP contribution is -2.24. The van der Waals surface area contributed by atoms with Gasteiger partial charge in [0, 0.05) is 12.7 Å². The number of nitrogens with one attached hydrogen (secondary N) is 1. The summed E-state index contributed by atoms with van der Waals surface area (Å²) in [7, 11) is 0. The van der Waals surface area contributed by atoms with Crippen LogP contribution < -0.4 is 0 Å². The molecule has 1 N–H and O–H groups in total. The summed E-state index contributed by atoms with van der Waals surface area (Å²) in [6.45, 7) is 11.7. The summed E-state index contributed by atoms with van der Waals surface area (Å²) in [5, 5.41) is 0. The Hall–Kier alpha value is -2.11. The molecule has 0 aromatic carbocycles. The van der Waals surface area contributed by atoms with Crippen molar-refractivity contribution in [1.82, 2.24) is 14.9 Å². The maximum absolute atomic E-state index is 6.11. The van der Waals surface area contributed by atoms with Gasteiger partial charge in [0.05, 0.1) is 25.2 Å². The number of nitrogens with zero attached hydrogens (tertiary/aromatic N) is 2. The van der Waals surface area contributed by atoms with Crippen molar-refractivity contribution in [3.8, 4) is 0 Å². The first-order valence-electron chi connectivity index (χ1n) is 10.3. The van der Waals surface area contributed by atoms with Gasteiger partial charge in [-0.2, -0.15) is 0 Å². The molecule has 2 heterocycles. The van der Waals surface area contributed by atoms with Crippen molar-refractivity contribution in [2.24, 2.45) is 5.92 Å². The minimum atomic E-state index is 0.363. The molecular weight excluding hydrogens is 350 g/mol. The van der Waals surface area contributed by atoms with Crippen LogP contribution >= 0.6 is 0 Å². The molecule has 0 bridgehead atoms. The molecule has 0 unspecified atom stereocenters. The van der Waals surface area contributed by atoms with Crippen molar-refractivity contribution in [3.63, 3.8) is 0 Å². The van der Waals surface area contributed by atoms with Gasteiger partial charge in [-0.15, -0.1) is 0 Å². The van der Waals surface area contributed by atoms with Crippen LogP contribution in [0, 0.1) is 5.92 Å². The number of likely N-dealkylation sites (tertiary alicyclic amines) is 1. The fourth-order valence-corrected chi connectivity index (χ4v) is 3.18. The van der Waals surface area contributed by atoms with Crippen LogP contribution in [-0.2, 0) is 16.1 Å². The minimum absolute atomic E-state index is 0.363. The van der Waals surface area contributed by atoms with Crippen LogP contribution in [0.5, 0.6) is 0 Å². The highest BCUT2D eigenvalue weighted by atomic mass is 16.5. The third-order valence-electron chi connectivity index (χ3n) is 4.74. The second-order valence-corrected chi connectivity index (χ2v) is 7.22. The minimum Gasteiger partial charge on any atom is -0.487 e. The van der Waals surface area contributed by atoms with Crippen LogP contribution in [0.1, 0.15) is 39.3 Å². The number of H-pyrrole nitrogens is 1. The highest BCUT2D eigenvalue weighted by Crippen LogP contribution is 2.21. The van der Waals surface area contributed by atoms with Gasteiger partial charge < -0.3 is 19.4 Å². The fraction of sp³-hybridized carbons (Fsp3) is 0.522. The Morgan fingerprint density at radius 1 is 1.25 bits per heavy atom. The molecule has 5 heteroatoms. The summed E-state index contributed by atoms with van der Waals surface area (Å²) in [6, 6.07) is 7.80. The van der Waals surface area contributed by atoms with E-state index in [-0.39, 0.29) is 0 Å². The van der Waals surface area contributed by atoms with Gasteiger partial charge in [0.2, 0.25) is 0 Å². The molecule has 154 valence electrons. The van der Waals surface area contributed by atoms with Crippen molar-refractivity contribution in [2.75, 3.05) is 32.8 Å². The maximum Gasteiger partial charge on any atom is 0.128 e. The summed E-state index contributed by atoms with van der Waals surface area (Å²) in [5.41, 5.74) is 2.13. The molecule has 1 aromatic rings. The van der Waals surface area contributed by atoms with Crippen molar-refractivity contribution in [2.45, 2.75) is 40.2 Å². The Labute approximate surface area is 169 Å². The zero-order chi connectivity index (χ0) is 20.0. The van der Waals surface area contributed by atoms with E-state index < -0.39 is 0 Å². The van der Waals surface area contributed by atoms with Gasteiger partial charge in [-0.25, -0.2) is 4.98 Å². The van der Waals surface area contributed by atoms with E-state index in [2.05, 4.69) is 34.8 Å². The number of aromatic nitrogens is 2. The lowest BCUT2D eigenvalue weighted by molar-refractivity contribution is 0.132. The molecule has 1 aliphatic rings. The van der Waals surface area contributed by atoms with E-state index in [0.29, 0.717) is 19.1 Å². The van der Waals surface area contributed by atoms with Gasteiger partial charge in [0.25, 0.3) is 0 Å². The summed E-state index contributed by atoms with van der Waals surface area (Å²) < 4.78 is 12.0. The summed E-state index contributed by atoms with van der Waals surface area (Å²) in [5.74, 6) is 1.27. The van der Waals surface area contributed by atoms with E-state index in [9.17, 15) is 0 Å². The van der Waals surface area contributed by atoms with Crippen LogP contribution in [0.2, 0.25) is 0 Å². The SMILES string of the molecule is C/C=C(OCc1cccccnc[nH]1)\C(=C/COCCN1CCCC1)C(C)C. The first-order valence-corrected chi connectivity index (χ1v) is 10.3. The maximum atomic E-state index is 6.11. The quantitative estimate of drug-likeness (QED) is 0.362. The molecular formula is C23H35N3O2. The van der Waals surface area contributed by atoms with E-state index in [4.69, 9.17) is 9.47 Å². The lowest BCUT2D eigenvalue weighted by atomic mass is 10.0. The zero-order valence-corrected chi connectivity index (χ0v) is 17.6. The Balaban J connectivity index is 1.89. The normalized spacial score (nSPS) is 15.7. The van der Waals surface area contributed by atoms with Gasteiger partial charge >= 0.3 is 0 Å². The molecule has 0 aliphatic carbocycles. The molecule has 2 rings (SSSR count). The molecule has 28 heavy (non-hydrogen) atoms. The smallest absolute Gasteiger partial charge is 0.128 e. The molecule has 0 atom stereocenters. The molecule has 0 spiro atoms. The third-order valence-corrected chi connectivity index (χ3v) is 4.74. The van der Waals surface area contributed by atoms with Gasteiger partial charge in [0.1, 0.15) is 12.4 Å². The fourth-order valence-electron chi connectivity index (χ4n) is 3.18. The zero-order valence-electron chi connectivity index (χ0n) is 17.6. The van der Waals surface area contributed by atoms with Gasteiger partial charge in [-0.3, -0.25) is 0 Å². The molecule has 5 nitrogen and oxygen atoms in total. The van der Waals surface area contributed by atoms with Crippen LogP contribution in [-0.4, -0.2) is 47.7 Å². The molecule has 0 radical (unpaired) electrons. The highest BCUT2D eigenvalue weighted by molar-refractivity contribution is 5.27. The van der Waals surface area contributed by atoms with E-state index in [0.717, 1.165) is 24.6 Å². The second kappa shape index (κ2) is 13.1. The molecule has 1 saturated heterocycles. The number of allylic oxidation sites excluding steroid dienone is 2. The number of ether oxygens (including phenoxy) is 2. The lowest BCUT2D eigenvalue weighted by Gasteiger charge is -2.17. The third kappa shape index (κ3) is 8.28. The first-order chi connectivity index (χ1) is 13.7. The van der Waals surface area contributed by atoms with E-state index in [1.54, 1.807) is 12.5 Å². The standard InChI is InChI=1S/C23H35N3O2/c1-4-23(28-18-21-10-6-5-7-12-24-19-25-21)22(20(2)3)11-16-27-17-15-26-13-8-9-14-26/h4-7,10-12,19-20H,8-9,13-18H2,1-3H3,(H,24,25)/b6-5?,12-7?,21-10?,22-11-,23-4+. The Morgan fingerprint density at radius 3 is 2.82 bits per heavy atom. The van der Waals surface area contributed by atoms with E-state index in [1.807, 2.05) is 37.3 Å². The number of aromatic amines is 1. The van der Waals surface area contributed by atoms with Crippen LogP contribution in [0.3, 0.4) is 0 Å². The Morgan fingerprint density at radius 2 is 2.07 bits per heavy atom. The summed E-state index contributed by atoms with van der Waals surface area (Å²) in [4.78, 5) is 9.76. The average molecular weight is 386 g/mol. The van der Waals surface area contributed by atoms with Crippen LogP contribution in [0.25, 0.3) is 0 Å². The van der Waals surface area contributed by atoms with Crippen molar-refractivity contribution in [3.05, 3.63) is 66.0 Å². The predicted octanol–water partition coefficient (Wildman–Crippen LogP) is 4.65. The summed E-state index contributed by atoms with van der Waals surface area (Å²) >= 11 is 0.